The molecule has 30 heavy (non-hydrogen) atoms. The van der Waals surface area contributed by atoms with Gasteiger partial charge in [-0.05, 0) is 34.6 Å². The SMILES string of the molecule is C=C(C)C(=O)O.C=C(C)C(=O)O.C=C(C)C(=O)O.C=C(C)C(=O)O.CC(O)O.NN. The van der Waals surface area contributed by atoms with E-state index >= 15 is 0 Å². The Bertz CT molecular complexity index is 435. The molecule has 0 heterocycles. The second kappa shape index (κ2) is 27.9. The third-order valence-electron chi connectivity index (χ3n) is 1.46. The standard InChI is InChI=1S/4C4H6O2.C2H6O2.H4N2/c4*1-3(2)4(5)6;1-2(3)4;1-2/h4*1H2,2H3,(H,5,6);2-4H,1H3;1-2H2. The quantitative estimate of drug-likeness (QED) is 0.131. The van der Waals surface area contributed by atoms with Crippen molar-refractivity contribution in [1.82, 2.24) is 0 Å². The van der Waals surface area contributed by atoms with Crippen LogP contribution in [-0.2, 0) is 19.2 Å². The predicted molar refractivity (Wildman–Crippen MR) is 112 cm³/mol. The fraction of sp³-hybridized carbons (Fsp3) is 0.333. The summed E-state index contributed by atoms with van der Waals surface area (Å²) in [6.45, 7) is 19.7. The number of rotatable bonds is 4. The topological polar surface area (TPSA) is 242 Å². The van der Waals surface area contributed by atoms with Crippen molar-refractivity contribution in [2.45, 2.75) is 40.9 Å². The Labute approximate surface area is 175 Å². The smallest absolute Gasteiger partial charge is 0.330 e. The van der Waals surface area contributed by atoms with Crippen molar-refractivity contribution in [1.29, 1.82) is 0 Å². The number of aliphatic hydroxyl groups excluding tert-OH is 1. The molecule has 12 heteroatoms. The van der Waals surface area contributed by atoms with E-state index in [2.05, 4.69) is 38.0 Å². The Kier molecular flexibility index (Phi) is 38.3. The van der Waals surface area contributed by atoms with Gasteiger partial charge in [-0.15, -0.1) is 0 Å². The molecule has 0 fully saturated rings. The summed E-state index contributed by atoms with van der Waals surface area (Å²) in [6, 6.07) is 0. The predicted octanol–water partition coefficient (Wildman–Crippen LogP) is 0.724. The zero-order valence-corrected chi connectivity index (χ0v) is 17.9. The molecule has 0 rings (SSSR count). The third-order valence-corrected chi connectivity index (χ3v) is 1.46. The van der Waals surface area contributed by atoms with E-state index in [1.54, 1.807) is 0 Å². The molecule has 12 nitrogen and oxygen atoms in total. The fourth-order valence-electron chi connectivity index (χ4n) is 0. The molecule has 0 aliphatic carbocycles. The van der Waals surface area contributed by atoms with E-state index in [1.165, 1.54) is 34.6 Å². The van der Waals surface area contributed by atoms with Gasteiger partial charge in [0.15, 0.2) is 0 Å². The number of carbonyl (C=O) groups is 4. The highest BCUT2D eigenvalue weighted by Crippen LogP contribution is 1.82. The molecular formula is C18H34N2O10. The van der Waals surface area contributed by atoms with Gasteiger partial charge in [-0.1, -0.05) is 26.3 Å². The summed E-state index contributed by atoms with van der Waals surface area (Å²) in [6.07, 6.45) is -1.17. The van der Waals surface area contributed by atoms with Crippen molar-refractivity contribution in [2.24, 2.45) is 11.7 Å². The van der Waals surface area contributed by atoms with Gasteiger partial charge in [-0.2, -0.15) is 0 Å². The van der Waals surface area contributed by atoms with Gasteiger partial charge in [0.05, 0.1) is 0 Å². The molecule has 0 atom stereocenters. The first-order valence-corrected chi connectivity index (χ1v) is 7.55. The summed E-state index contributed by atoms with van der Waals surface area (Å²) >= 11 is 0. The van der Waals surface area contributed by atoms with Crippen LogP contribution in [0.1, 0.15) is 34.6 Å². The molecule has 0 aromatic heterocycles. The van der Waals surface area contributed by atoms with Crippen LogP contribution in [0.25, 0.3) is 0 Å². The molecular weight excluding hydrogens is 404 g/mol. The highest BCUT2D eigenvalue weighted by molar-refractivity contribution is 5.85. The van der Waals surface area contributed by atoms with Crippen LogP contribution < -0.4 is 11.7 Å². The molecule has 0 spiro atoms. The Hall–Kier alpha value is -3.32. The van der Waals surface area contributed by atoms with Gasteiger partial charge in [0.1, 0.15) is 6.29 Å². The largest absolute Gasteiger partial charge is 0.478 e. The van der Waals surface area contributed by atoms with E-state index in [-0.39, 0.29) is 22.3 Å². The minimum Gasteiger partial charge on any atom is -0.478 e. The number of hydrazine groups is 1. The first-order valence-electron chi connectivity index (χ1n) is 7.55. The number of carboxylic acid groups (broad SMARTS) is 4. The third kappa shape index (κ3) is 86.1. The molecule has 0 saturated carbocycles. The maximum atomic E-state index is 9.60. The molecule has 0 saturated heterocycles. The number of aliphatic carboxylic acids is 4. The molecule has 0 aliphatic rings. The summed E-state index contributed by atoms with van der Waals surface area (Å²) in [4.78, 5) is 38.4. The molecule has 0 amide bonds. The van der Waals surface area contributed by atoms with Crippen LogP contribution in [-0.4, -0.2) is 60.8 Å². The van der Waals surface area contributed by atoms with Crippen LogP contribution in [0.2, 0.25) is 0 Å². The highest BCUT2D eigenvalue weighted by atomic mass is 16.5. The minimum absolute atomic E-state index is 0.176. The van der Waals surface area contributed by atoms with Crippen molar-refractivity contribution >= 4 is 23.9 Å². The van der Waals surface area contributed by atoms with Gasteiger partial charge in [-0.3, -0.25) is 11.7 Å². The number of nitrogens with two attached hydrogens (primary N) is 2. The second-order valence-corrected chi connectivity index (χ2v) is 4.97. The Balaban J connectivity index is -0.0000000591. The van der Waals surface area contributed by atoms with Gasteiger partial charge >= 0.3 is 23.9 Å². The number of hydrogen-bond donors (Lipinski definition) is 8. The summed E-state index contributed by atoms with van der Waals surface area (Å²) in [5, 5.41) is 46.8. The van der Waals surface area contributed by atoms with Crippen LogP contribution >= 0.6 is 0 Å². The Morgan fingerprint density at radius 2 is 0.600 bits per heavy atom. The second-order valence-electron chi connectivity index (χ2n) is 4.97. The van der Waals surface area contributed by atoms with Gasteiger partial charge in [-0.25, -0.2) is 19.2 Å². The van der Waals surface area contributed by atoms with E-state index in [9.17, 15) is 19.2 Å². The van der Waals surface area contributed by atoms with Crippen molar-refractivity contribution in [3.63, 3.8) is 0 Å². The van der Waals surface area contributed by atoms with Crippen molar-refractivity contribution in [2.75, 3.05) is 0 Å². The highest BCUT2D eigenvalue weighted by Gasteiger charge is 1.91. The summed E-state index contributed by atoms with van der Waals surface area (Å²) < 4.78 is 0. The van der Waals surface area contributed by atoms with E-state index in [0.29, 0.717) is 0 Å². The van der Waals surface area contributed by atoms with Gasteiger partial charge in [0, 0.05) is 22.3 Å². The van der Waals surface area contributed by atoms with E-state index < -0.39 is 30.2 Å². The molecule has 0 radical (unpaired) electrons. The average molecular weight is 438 g/mol. The van der Waals surface area contributed by atoms with Gasteiger partial charge < -0.3 is 30.6 Å². The lowest BCUT2D eigenvalue weighted by molar-refractivity contribution is -0.133. The van der Waals surface area contributed by atoms with E-state index in [0.717, 1.165) is 0 Å². The van der Waals surface area contributed by atoms with Gasteiger partial charge in [0.25, 0.3) is 0 Å². The molecule has 0 bridgehead atoms. The molecule has 0 aromatic rings. The Morgan fingerprint density at radius 1 is 0.567 bits per heavy atom. The van der Waals surface area contributed by atoms with Crippen LogP contribution in [0, 0.1) is 0 Å². The van der Waals surface area contributed by atoms with Crippen LogP contribution in [0.5, 0.6) is 0 Å². The summed E-state index contributed by atoms with van der Waals surface area (Å²) in [5.41, 5.74) is 0.704. The number of aliphatic hydroxyl groups is 2. The molecule has 0 unspecified atom stereocenters. The van der Waals surface area contributed by atoms with Crippen molar-refractivity contribution in [3.8, 4) is 0 Å². The van der Waals surface area contributed by atoms with Crippen LogP contribution in [0.15, 0.2) is 48.6 Å². The van der Waals surface area contributed by atoms with Crippen molar-refractivity contribution in [3.05, 3.63) is 48.6 Å². The normalized spacial score (nSPS) is 7.40. The Morgan fingerprint density at radius 3 is 0.600 bits per heavy atom. The zero-order chi connectivity index (χ0) is 26.2. The average Bonchev–Trinajstić information content (AvgIpc) is 2.57. The number of carboxylic acids is 4. The maximum absolute atomic E-state index is 9.60. The first-order chi connectivity index (χ1) is 13.3. The molecule has 176 valence electrons. The fourth-order valence-corrected chi connectivity index (χ4v) is 0. The summed E-state index contributed by atoms with van der Waals surface area (Å²) in [5.74, 6) is 4.26. The first kappa shape index (κ1) is 41.1. The molecule has 0 aromatic carbocycles. The molecule has 10 N–H and O–H groups in total. The van der Waals surface area contributed by atoms with Crippen LogP contribution in [0.3, 0.4) is 0 Å². The lowest BCUT2D eigenvalue weighted by Crippen LogP contribution is -2.02. The lowest BCUT2D eigenvalue weighted by Gasteiger charge is -1.80. The minimum atomic E-state index is -1.17. The lowest BCUT2D eigenvalue weighted by atomic mass is 10.4. The summed E-state index contributed by atoms with van der Waals surface area (Å²) in [7, 11) is 0. The van der Waals surface area contributed by atoms with E-state index in [4.69, 9.17) is 30.6 Å². The zero-order valence-electron chi connectivity index (χ0n) is 17.9. The van der Waals surface area contributed by atoms with Gasteiger partial charge in [0.2, 0.25) is 0 Å². The monoisotopic (exact) mass is 438 g/mol. The molecule has 0 aliphatic heterocycles. The number of hydrogen-bond acceptors (Lipinski definition) is 8. The van der Waals surface area contributed by atoms with Crippen LogP contribution in [0.4, 0.5) is 0 Å². The van der Waals surface area contributed by atoms with E-state index in [1.807, 2.05) is 0 Å². The van der Waals surface area contributed by atoms with Crippen molar-refractivity contribution < 1.29 is 49.8 Å². The maximum Gasteiger partial charge on any atom is 0.330 e.